The minimum absolute atomic E-state index is 0.00347. The minimum atomic E-state index is -0.827. The SMILES string of the molecule is CCc1ccsc1CN1C(=O)C(C)(C)NC(=O)C1C(C)C. The lowest BCUT2D eigenvalue weighted by atomic mass is 9.91. The molecule has 21 heavy (non-hydrogen) atoms. The van der Waals surface area contributed by atoms with Crippen LogP contribution in [0.4, 0.5) is 0 Å². The molecule has 4 nitrogen and oxygen atoms in total. The predicted molar refractivity (Wildman–Crippen MR) is 85.1 cm³/mol. The van der Waals surface area contributed by atoms with Crippen molar-refractivity contribution in [2.75, 3.05) is 0 Å². The van der Waals surface area contributed by atoms with Gasteiger partial charge in [-0.2, -0.15) is 0 Å². The zero-order valence-corrected chi connectivity index (χ0v) is 14.2. The summed E-state index contributed by atoms with van der Waals surface area (Å²) >= 11 is 1.66. The van der Waals surface area contributed by atoms with Crippen molar-refractivity contribution in [3.8, 4) is 0 Å². The summed E-state index contributed by atoms with van der Waals surface area (Å²) in [6.07, 6.45) is 0.947. The number of nitrogens with one attached hydrogen (secondary N) is 1. The van der Waals surface area contributed by atoms with Crippen LogP contribution in [-0.4, -0.2) is 28.3 Å². The molecule has 5 heteroatoms. The summed E-state index contributed by atoms with van der Waals surface area (Å²) in [6, 6.07) is 1.71. The summed E-state index contributed by atoms with van der Waals surface area (Å²) in [4.78, 5) is 28.1. The lowest BCUT2D eigenvalue weighted by molar-refractivity contribution is -0.156. The molecule has 2 rings (SSSR count). The molecule has 0 radical (unpaired) electrons. The van der Waals surface area contributed by atoms with E-state index in [2.05, 4.69) is 23.7 Å². The van der Waals surface area contributed by atoms with Crippen LogP contribution < -0.4 is 5.32 Å². The van der Waals surface area contributed by atoms with Gasteiger partial charge in [0, 0.05) is 4.88 Å². The highest BCUT2D eigenvalue weighted by Gasteiger charge is 2.46. The molecular formula is C16H24N2O2S. The van der Waals surface area contributed by atoms with Gasteiger partial charge < -0.3 is 10.2 Å². The Morgan fingerprint density at radius 2 is 2.05 bits per heavy atom. The van der Waals surface area contributed by atoms with E-state index < -0.39 is 11.6 Å². The third kappa shape index (κ3) is 2.98. The molecular weight excluding hydrogens is 284 g/mol. The van der Waals surface area contributed by atoms with Crippen LogP contribution in [0.1, 0.15) is 45.1 Å². The summed E-state index contributed by atoms with van der Waals surface area (Å²) in [5, 5.41) is 4.90. The molecule has 1 aliphatic heterocycles. The fourth-order valence-electron chi connectivity index (χ4n) is 2.87. The number of amides is 2. The summed E-state index contributed by atoms with van der Waals surface area (Å²) < 4.78 is 0. The standard InChI is InChI=1S/C16H24N2O2S/c1-6-11-7-8-21-12(11)9-18-13(10(2)3)14(19)17-16(4,5)15(18)20/h7-8,10,13H,6,9H2,1-5H3,(H,17,19). The van der Waals surface area contributed by atoms with Gasteiger partial charge in [-0.3, -0.25) is 9.59 Å². The molecule has 2 heterocycles. The number of nitrogens with zero attached hydrogens (tertiary/aromatic N) is 1. The van der Waals surface area contributed by atoms with E-state index in [4.69, 9.17) is 0 Å². The molecule has 1 saturated heterocycles. The molecule has 1 N–H and O–H groups in total. The first-order chi connectivity index (χ1) is 9.77. The average Bonchev–Trinajstić information content (AvgIpc) is 2.81. The molecule has 116 valence electrons. The number of thiophene rings is 1. The number of hydrogen-bond donors (Lipinski definition) is 1. The van der Waals surface area contributed by atoms with Gasteiger partial charge in [-0.05, 0) is 43.2 Å². The van der Waals surface area contributed by atoms with E-state index in [1.165, 1.54) is 10.4 Å². The smallest absolute Gasteiger partial charge is 0.248 e. The Bertz CT molecular complexity index is 548. The van der Waals surface area contributed by atoms with Crippen LogP contribution >= 0.6 is 11.3 Å². The van der Waals surface area contributed by atoms with Crippen LogP contribution in [0.25, 0.3) is 0 Å². The maximum Gasteiger partial charge on any atom is 0.248 e. The molecule has 1 unspecified atom stereocenters. The van der Waals surface area contributed by atoms with Gasteiger partial charge in [0.2, 0.25) is 11.8 Å². The van der Waals surface area contributed by atoms with Crippen LogP contribution in [0.2, 0.25) is 0 Å². The molecule has 0 bridgehead atoms. The zero-order valence-electron chi connectivity index (χ0n) is 13.4. The van der Waals surface area contributed by atoms with Crippen molar-refractivity contribution >= 4 is 23.2 Å². The van der Waals surface area contributed by atoms with Crippen molar-refractivity contribution in [1.82, 2.24) is 10.2 Å². The topological polar surface area (TPSA) is 49.4 Å². The number of hydrogen-bond acceptors (Lipinski definition) is 3. The van der Waals surface area contributed by atoms with Crippen molar-refractivity contribution in [1.29, 1.82) is 0 Å². The fraction of sp³-hybridized carbons (Fsp3) is 0.625. The number of rotatable bonds is 4. The maximum atomic E-state index is 12.7. The molecule has 0 spiro atoms. The maximum absolute atomic E-state index is 12.7. The van der Waals surface area contributed by atoms with Gasteiger partial charge >= 0.3 is 0 Å². The first kappa shape index (κ1) is 16.0. The first-order valence-electron chi connectivity index (χ1n) is 7.46. The molecule has 2 amide bonds. The number of aryl methyl sites for hydroxylation is 1. The van der Waals surface area contributed by atoms with E-state index in [9.17, 15) is 9.59 Å². The van der Waals surface area contributed by atoms with Gasteiger partial charge in [0.15, 0.2) is 0 Å². The van der Waals surface area contributed by atoms with Gasteiger partial charge in [0.05, 0.1) is 6.54 Å². The molecule has 1 aliphatic rings. The lowest BCUT2D eigenvalue weighted by Gasteiger charge is -2.44. The summed E-state index contributed by atoms with van der Waals surface area (Å²) in [7, 11) is 0. The first-order valence-corrected chi connectivity index (χ1v) is 8.34. The van der Waals surface area contributed by atoms with Crippen molar-refractivity contribution in [3.05, 3.63) is 21.9 Å². The zero-order chi connectivity index (χ0) is 15.8. The summed E-state index contributed by atoms with van der Waals surface area (Å²) in [6.45, 7) is 10.1. The monoisotopic (exact) mass is 308 g/mol. The highest BCUT2D eigenvalue weighted by atomic mass is 32.1. The van der Waals surface area contributed by atoms with Gasteiger partial charge in [-0.15, -0.1) is 11.3 Å². The van der Waals surface area contributed by atoms with E-state index in [1.54, 1.807) is 30.1 Å². The highest BCUT2D eigenvalue weighted by Crippen LogP contribution is 2.27. The van der Waals surface area contributed by atoms with Gasteiger partial charge in [-0.25, -0.2) is 0 Å². The Morgan fingerprint density at radius 3 is 2.62 bits per heavy atom. The van der Waals surface area contributed by atoms with Crippen molar-refractivity contribution in [2.24, 2.45) is 5.92 Å². The Kier molecular flexibility index (Phi) is 4.42. The van der Waals surface area contributed by atoms with Gasteiger partial charge in [-0.1, -0.05) is 20.8 Å². The van der Waals surface area contributed by atoms with Crippen molar-refractivity contribution in [3.63, 3.8) is 0 Å². The minimum Gasteiger partial charge on any atom is -0.340 e. The van der Waals surface area contributed by atoms with Crippen LogP contribution in [-0.2, 0) is 22.6 Å². The van der Waals surface area contributed by atoms with E-state index in [-0.39, 0.29) is 17.7 Å². The van der Waals surface area contributed by atoms with E-state index in [1.807, 2.05) is 13.8 Å². The Morgan fingerprint density at radius 1 is 1.38 bits per heavy atom. The number of piperazine rings is 1. The third-order valence-electron chi connectivity index (χ3n) is 4.00. The average molecular weight is 308 g/mol. The van der Waals surface area contributed by atoms with Gasteiger partial charge in [0.1, 0.15) is 11.6 Å². The molecule has 1 atom stereocenters. The Labute approximate surface area is 130 Å². The molecule has 1 aromatic rings. The van der Waals surface area contributed by atoms with Crippen LogP contribution in [0.3, 0.4) is 0 Å². The van der Waals surface area contributed by atoms with Gasteiger partial charge in [0.25, 0.3) is 0 Å². The lowest BCUT2D eigenvalue weighted by Crippen LogP contribution is -2.68. The Hall–Kier alpha value is -1.36. The van der Waals surface area contributed by atoms with Crippen LogP contribution in [0.5, 0.6) is 0 Å². The predicted octanol–water partition coefficient (Wildman–Crippen LogP) is 2.57. The number of carbonyl (C=O) groups is 2. The molecule has 1 aromatic heterocycles. The third-order valence-corrected chi connectivity index (χ3v) is 4.95. The number of carbonyl (C=O) groups excluding carboxylic acids is 2. The summed E-state index contributed by atoms with van der Waals surface area (Å²) in [5.74, 6) is 0.0375. The van der Waals surface area contributed by atoms with E-state index in [0.717, 1.165) is 6.42 Å². The largest absolute Gasteiger partial charge is 0.340 e. The van der Waals surface area contributed by atoms with Crippen LogP contribution in [0.15, 0.2) is 11.4 Å². The quantitative estimate of drug-likeness (QED) is 0.929. The second kappa shape index (κ2) is 5.79. The van der Waals surface area contributed by atoms with Crippen molar-refractivity contribution < 1.29 is 9.59 Å². The van der Waals surface area contributed by atoms with Crippen LogP contribution in [0, 0.1) is 5.92 Å². The fourth-order valence-corrected chi connectivity index (χ4v) is 3.84. The molecule has 0 aliphatic carbocycles. The molecule has 0 aromatic carbocycles. The second-order valence-electron chi connectivity index (χ2n) is 6.46. The Balaban J connectivity index is 2.35. The second-order valence-corrected chi connectivity index (χ2v) is 7.46. The summed E-state index contributed by atoms with van der Waals surface area (Å²) in [5.41, 5.74) is 0.436. The van der Waals surface area contributed by atoms with E-state index in [0.29, 0.717) is 6.54 Å². The van der Waals surface area contributed by atoms with Crippen molar-refractivity contribution in [2.45, 2.75) is 59.2 Å². The van der Waals surface area contributed by atoms with E-state index >= 15 is 0 Å². The molecule has 0 saturated carbocycles. The highest BCUT2D eigenvalue weighted by molar-refractivity contribution is 7.10. The normalized spacial score (nSPS) is 21.8. The molecule has 1 fully saturated rings.